The number of ether oxygens (including phenoxy) is 3. The van der Waals surface area contributed by atoms with E-state index in [9.17, 15) is 14.4 Å². The highest BCUT2D eigenvalue weighted by Crippen LogP contribution is 2.16. The van der Waals surface area contributed by atoms with E-state index in [1.165, 1.54) is 154 Å². The van der Waals surface area contributed by atoms with Gasteiger partial charge in [0.05, 0.1) is 0 Å². The summed E-state index contributed by atoms with van der Waals surface area (Å²) in [6.07, 6.45) is 73.2. The van der Waals surface area contributed by atoms with Gasteiger partial charge in [0.2, 0.25) is 0 Å². The Kier molecular flexibility index (Phi) is 54.8. The molecule has 0 rings (SSSR count). The molecule has 6 nitrogen and oxygen atoms in total. The molecule has 0 N–H and O–H groups in total. The number of unbranched alkanes of at least 4 members (excludes halogenated alkanes) is 30. The Balaban J connectivity index is 4.41. The summed E-state index contributed by atoms with van der Waals surface area (Å²) in [6, 6.07) is 0. The minimum atomic E-state index is -0.789. The summed E-state index contributed by atoms with van der Waals surface area (Å²) >= 11 is 0. The monoisotopic (exact) mass is 963 g/mol. The van der Waals surface area contributed by atoms with Crippen molar-refractivity contribution in [3.05, 3.63) is 72.9 Å². The normalized spacial score (nSPS) is 12.6. The summed E-state index contributed by atoms with van der Waals surface area (Å²) in [7, 11) is 0. The smallest absolute Gasteiger partial charge is 0.306 e. The molecule has 0 aliphatic carbocycles. The highest BCUT2D eigenvalue weighted by Gasteiger charge is 2.19. The van der Waals surface area contributed by atoms with E-state index in [1.807, 2.05) is 0 Å². The maximum atomic E-state index is 12.9. The highest BCUT2D eigenvalue weighted by molar-refractivity contribution is 5.71. The van der Waals surface area contributed by atoms with E-state index >= 15 is 0 Å². The molecule has 6 heteroatoms. The number of carbonyl (C=O) groups excluding carboxylic acids is 3. The third-order valence-corrected chi connectivity index (χ3v) is 12.7. The van der Waals surface area contributed by atoms with E-state index in [-0.39, 0.29) is 31.1 Å². The fourth-order valence-electron chi connectivity index (χ4n) is 8.29. The molecule has 0 saturated carbocycles. The molecule has 0 radical (unpaired) electrons. The van der Waals surface area contributed by atoms with Gasteiger partial charge in [-0.15, -0.1) is 0 Å². The van der Waals surface area contributed by atoms with Crippen molar-refractivity contribution in [1.82, 2.24) is 0 Å². The van der Waals surface area contributed by atoms with Crippen molar-refractivity contribution in [1.29, 1.82) is 0 Å². The third-order valence-electron chi connectivity index (χ3n) is 12.7. The molecule has 398 valence electrons. The molecule has 0 aromatic heterocycles. The van der Waals surface area contributed by atoms with Crippen molar-refractivity contribution < 1.29 is 28.6 Å². The Labute approximate surface area is 427 Å². The largest absolute Gasteiger partial charge is 0.462 e. The van der Waals surface area contributed by atoms with Gasteiger partial charge in [-0.1, -0.05) is 254 Å². The molecule has 0 fully saturated rings. The van der Waals surface area contributed by atoms with Gasteiger partial charge in [0, 0.05) is 19.3 Å². The lowest BCUT2D eigenvalue weighted by Gasteiger charge is -2.18. The second-order valence-corrected chi connectivity index (χ2v) is 19.5. The van der Waals surface area contributed by atoms with Crippen molar-refractivity contribution >= 4 is 17.9 Å². The molecule has 0 saturated heterocycles. The van der Waals surface area contributed by atoms with E-state index in [2.05, 4.69) is 93.7 Å². The number of hydrogen-bond donors (Lipinski definition) is 0. The SMILES string of the molecule is CC/C=C\C/C=C\C/C=C\C/C=C\C/C=C\CCCCCC(=O)OC[C@@H](COC(=O)CCCCCCCCCCCCCCC)OC(=O)CCCCCCCCCCC/C=C\CCCCCCCC. The van der Waals surface area contributed by atoms with E-state index in [0.717, 1.165) is 96.3 Å². The molecular weight excluding hydrogens is 853 g/mol. The van der Waals surface area contributed by atoms with Gasteiger partial charge in [0.25, 0.3) is 0 Å². The highest BCUT2D eigenvalue weighted by atomic mass is 16.6. The van der Waals surface area contributed by atoms with Crippen LogP contribution in [-0.2, 0) is 28.6 Å². The molecule has 0 aliphatic rings. The average Bonchev–Trinajstić information content (AvgIpc) is 3.35. The molecule has 0 aliphatic heterocycles. The van der Waals surface area contributed by atoms with Crippen LogP contribution in [0.4, 0.5) is 0 Å². The van der Waals surface area contributed by atoms with Crippen LogP contribution in [0.15, 0.2) is 72.9 Å². The third kappa shape index (κ3) is 55.6. The number of allylic oxidation sites excluding steroid dienone is 12. The molecule has 69 heavy (non-hydrogen) atoms. The zero-order valence-corrected chi connectivity index (χ0v) is 45.6. The summed E-state index contributed by atoms with van der Waals surface area (Å²) in [4.78, 5) is 38.2. The molecule has 0 bridgehead atoms. The number of hydrogen-bond acceptors (Lipinski definition) is 6. The van der Waals surface area contributed by atoms with Crippen molar-refractivity contribution in [2.75, 3.05) is 13.2 Å². The number of esters is 3. The Morgan fingerprint density at radius 2 is 0.565 bits per heavy atom. The van der Waals surface area contributed by atoms with Crippen LogP contribution in [0, 0.1) is 0 Å². The fourth-order valence-corrected chi connectivity index (χ4v) is 8.29. The van der Waals surface area contributed by atoms with Crippen molar-refractivity contribution in [2.45, 2.75) is 297 Å². The van der Waals surface area contributed by atoms with E-state index < -0.39 is 6.10 Å². The number of carbonyl (C=O) groups is 3. The standard InChI is InChI=1S/C63H110O6/c1-4-7-10-13-16-19-22-25-27-29-31-33-35-38-41-44-47-50-53-56-62(65)68-59-60(58-67-61(64)55-52-49-46-43-40-37-24-21-18-15-12-9-6-3)69-63(66)57-54-51-48-45-42-39-36-34-32-30-28-26-23-20-17-14-11-8-5-2/h7,10,16,19,25-28,31,33,38,41,60H,4-6,8-9,11-15,17-18,20-24,29-30,32,34-37,39-40,42-59H2,1-3H3/b10-7-,19-16-,27-25-,28-26-,33-31-,41-38-/t60-/m1/s1. The first kappa shape index (κ1) is 65.8. The van der Waals surface area contributed by atoms with Gasteiger partial charge in [-0.2, -0.15) is 0 Å². The first-order valence-corrected chi connectivity index (χ1v) is 29.4. The topological polar surface area (TPSA) is 78.9 Å². The van der Waals surface area contributed by atoms with Crippen LogP contribution in [0.25, 0.3) is 0 Å². The van der Waals surface area contributed by atoms with Gasteiger partial charge in [-0.3, -0.25) is 14.4 Å². The predicted molar refractivity (Wildman–Crippen MR) is 298 cm³/mol. The Morgan fingerprint density at radius 1 is 0.304 bits per heavy atom. The zero-order valence-electron chi connectivity index (χ0n) is 45.6. The molecule has 1 atom stereocenters. The summed E-state index contributed by atoms with van der Waals surface area (Å²) in [5.41, 5.74) is 0. The predicted octanol–water partition coefficient (Wildman–Crippen LogP) is 19.8. The zero-order chi connectivity index (χ0) is 50.0. The summed E-state index contributed by atoms with van der Waals surface area (Å²) in [5, 5.41) is 0. The minimum Gasteiger partial charge on any atom is -0.462 e. The summed E-state index contributed by atoms with van der Waals surface area (Å²) in [5.74, 6) is -0.909. The molecule has 0 amide bonds. The quantitative estimate of drug-likeness (QED) is 0.0262. The maximum absolute atomic E-state index is 12.9. The summed E-state index contributed by atoms with van der Waals surface area (Å²) < 4.78 is 16.9. The Bertz CT molecular complexity index is 1290. The molecular formula is C63H110O6. The van der Waals surface area contributed by atoms with Crippen molar-refractivity contribution in [2.24, 2.45) is 0 Å². The lowest BCUT2D eigenvalue weighted by atomic mass is 10.0. The van der Waals surface area contributed by atoms with Crippen LogP contribution in [0.1, 0.15) is 290 Å². The van der Waals surface area contributed by atoms with Crippen LogP contribution in [0.2, 0.25) is 0 Å². The lowest BCUT2D eigenvalue weighted by molar-refractivity contribution is -0.167. The Hall–Kier alpha value is -3.15. The molecule has 0 aromatic carbocycles. The van der Waals surface area contributed by atoms with Gasteiger partial charge >= 0.3 is 17.9 Å². The van der Waals surface area contributed by atoms with Gasteiger partial charge < -0.3 is 14.2 Å². The molecule has 0 heterocycles. The van der Waals surface area contributed by atoms with Crippen molar-refractivity contribution in [3.8, 4) is 0 Å². The first-order valence-electron chi connectivity index (χ1n) is 29.4. The van der Waals surface area contributed by atoms with Crippen LogP contribution < -0.4 is 0 Å². The second-order valence-electron chi connectivity index (χ2n) is 19.5. The molecule has 0 spiro atoms. The Morgan fingerprint density at radius 3 is 0.913 bits per heavy atom. The fraction of sp³-hybridized carbons (Fsp3) is 0.762. The molecule has 0 unspecified atom stereocenters. The van der Waals surface area contributed by atoms with Crippen LogP contribution in [-0.4, -0.2) is 37.2 Å². The van der Waals surface area contributed by atoms with E-state index in [0.29, 0.717) is 19.3 Å². The molecule has 0 aromatic rings. The lowest BCUT2D eigenvalue weighted by Crippen LogP contribution is -2.30. The van der Waals surface area contributed by atoms with E-state index in [4.69, 9.17) is 14.2 Å². The maximum Gasteiger partial charge on any atom is 0.306 e. The second kappa shape index (κ2) is 57.4. The summed E-state index contributed by atoms with van der Waals surface area (Å²) in [6.45, 7) is 6.52. The van der Waals surface area contributed by atoms with Gasteiger partial charge in [-0.25, -0.2) is 0 Å². The minimum absolute atomic E-state index is 0.0843. The van der Waals surface area contributed by atoms with Gasteiger partial charge in [-0.05, 0) is 89.9 Å². The number of rotatable bonds is 53. The first-order chi connectivity index (χ1) is 34.0. The average molecular weight is 964 g/mol. The van der Waals surface area contributed by atoms with Crippen LogP contribution in [0.3, 0.4) is 0 Å². The van der Waals surface area contributed by atoms with Crippen LogP contribution >= 0.6 is 0 Å². The van der Waals surface area contributed by atoms with Gasteiger partial charge in [0.15, 0.2) is 6.10 Å². The van der Waals surface area contributed by atoms with Gasteiger partial charge in [0.1, 0.15) is 13.2 Å². The van der Waals surface area contributed by atoms with E-state index in [1.54, 1.807) is 0 Å². The van der Waals surface area contributed by atoms with Crippen molar-refractivity contribution in [3.63, 3.8) is 0 Å². The van der Waals surface area contributed by atoms with Crippen LogP contribution in [0.5, 0.6) is 0 Å².